The molecular formula is C20H26N2O2. The maximum absolute atomic E-state index is 12.1. The molecule has 24 heavy (non-hydrogen) atoms. The lowest BCUT2D eigenvalue weighted by Crippen LogP contribution is -2.32. The van der Waals surface area contributed by atoms with Crippen LogP contribution in [0.4, 0.5) is 10.5 Å². The lowest BCUT2D eigenvalue weighted by atomic mass is 10.0. The van der Waals surface area contributed by atoms with Crippen molar-refractivity contribution in [2.24, 2.45) is 0 Å². The van der Waals surface area contributed by atoms with Crippen molar-refractivity contribution in [1.82, 2.24) is 5.32 Å². The number of carbonyl (C=O) groups is 1. The summed E-state index contributed by atoms with van der Waals surface area (Å²) in [5, 5.41) is 5.83. The van der Waals surface area contributed by atoms with Gasteiger partial charge in [-0.25, -0.2) is 4.79 Å². The Morgan fingerprint density at radius 2 is 1.67 bits per heavy atom. The highest BCUT2D eigenvalue weighted by Crippen LogP contribution is 2.22. The molecule has 0 aliphatic carbocycles. The quantitative estimate of drug-likeness (QED) is 0.745. The van der Waals surface area contributed by atoms with Crippen LogP contribution in [0.1, 0.15) is 30.5 Å². The molecule has 0 aromatic heterocycles. The first-order chi connectivity index (χ1) is 11.7. The van der Waals surface area contributed by atoms with Gasteiger partial charge in [-0.3, -0.25) is 0 Å². The van der Waals surface area contributed by atoms with Crippen molar-refractivity contribution >= 4 is 11.7 Å². The molecule has 0 unspecified atom stereocenters. The zero-order valence-corrected chi connectivity index (χ0v) is 14.7. The number of carbonyl (C=O) groups excluding carboxylic acids is 1. The second-order valence-corrected chi connectivity index (χ2v) is 5.65. The molecule has 0 saturated heterocycles. The third kappa shape index (κ3) is 4.75. The van der Waals surface area contributed by atoms with Crippen molar-refractivity contribution in [3.63, 3.8) is 0 Å². The van der Waals surface area contributed by atoms with Gasteiger partial charge < -0.3 is 15.4 Å². The Morgan fingerprint density at radius 3 is 2.29 bits per heavy atom. The molecular weight excluding hydrogens is 300 g/mol. The van der Waals surface area contributed by atoms with Gasteiger partial charge in [0, 0.05) is 5.69 Å². The van der Waals surface area contributed by atoms with Crippen molar-refractivity contribution in [2.45, 2.75) is 33.6 Å². The average Bonchev–Trinajstić information content (AvgIpc) is 2.60. The Balaban J connectivity index is 1.85. The predicted molar refractivity (Wildman–Crippen MR) is 98.9 cm³/mol. The molecule has 2 aromatic rings. The lowest BCUT2D eigenvalue weighted by Gasteiger charge is -2.15. The maximum Gasteiger partial charge on any atom is 0.319 e. The van der Waals surface area contributed by atoms with E-state index in [4.69, 9.17) is 4.74 Å². The summed E-state index contributed by atoms with van der Waals surface area (Å²) in [4.78, 5) is 12.1. The standard InChI is InChI=1S/C20H26N2O2/c1-4-16-10-8-11-17(5-2)19(16)22-20(23)21-13-14-24-18-12-7-6-9-15(18)3/h6-12H,4-5,13-14H2,1-3H3,(H2,21,22,23). The number of para-hydroxylation sites is 2. The van der Waals surface area contributed by atoms with Crippen LogP contribution in [0, 0.1) is 6.92 Å². The molecule has 2 amide bonds. The molecule has 0 aliphatic heterocycles. The van der Waals surface area contributed by atoms with E-state index in [1.807, 2.05) is 37.3 Å². The second kappa shape index (κ2) is 8.96. The fourth-order valence-electron chi connectivity index (χ4n) is 2.60. The van der Waals surface area contributed by atoms with Gasteiger partial charge >= 0.3 is 6.03 Å². The number of aryl methyl sites for hydroxylation is 3. The van der Waals surface area contributed by atoms with Gasteiger partial charge in [-0.2, -0.15) is 0 Å². The highest BCUT2D eigenvalue weighted by molar-refractivity contribution is 5.91. The Kier molecular flexibility index (Phi) is 6.67. The molecule has 0 heterocycles. The molecule has 2 rings (SSSR count). The summed E-state index contributed by atoms with van der Waals surface area (Å²) in [5.41, 5.74) is 4.33. The number of benzene rings is 2. The molecule has 2 aromatic carbocycles. The Morgan fingerprint density at radius 1 is 1.00 bits per heavy atom. The minimum Gasteiger partial charge on any atom is -0.491 e. The van der Waals surface area contributed by atoms with Gasteiger partial charge in [-0.1, -0.05) is 50.2 Å². The van der Waals surface area contributed by atoms with Crippen molar-refractivity contribution in [1.29, 1.82) is 0 Å². The van der Waals surface area contributed by atoms with E-state index >= 15 is 0 Å². The highest BCUT2D eigenvalue weighted by Gasteiger charge is 2.09. The van der Waals surface area contributed by atoms with Gasteiger partial charge in [0.2, 0.25) is 0 Å². The lowest BCUT2D eigenvalue weighted by molar-refractivity contribution is 0.247. The molecule has 0 fully saturated rings. The fourth-order valence-corrected chi connectivity index (χ4v) is 2.60. The molecule has 2 N–H and O–H groups in total. The maximum atomic E-state index is 12.1. The first-order valence-electron chi connectivity index (χ1n) is 8.49. The van der Waals surface area contributed by atoms with E-state index in [-0.39, 0.29) is 6.03 Å². The first-order valence-corrected chi connectivity index (χ1v) is 8.49. The van der Waals surface area contributed by atoms with Crippen LogP contribution in [-0.2, 0) is 12.8 Å². The number of amides is 2. The molecule has 4 heteroatoms. The number of ether oxygens (including phenoxy) is 1. The number of urea groups is 1. The van der Waals surface area contributed by atoms with Crippen LogP contribution in [0.3, 0.4) is 0 Å². The van der Waals surface area contributed by atoms with E-state index in [1.165, 1.54) is 0 Å². The van der Waals surface area contributed by atoms with Crippen molar-refractivity contribution in [3.05, 3.63) is 59.2 Å². The summed E-state index contributed by atoms with van der Waals surface area (Å²) in [5.74, 6) is 0.851. The molecule has 4 nitrogen and oxygen atoms in total. The minimum absolute atomic E-state index is 0.195. The number of rotatable bonds is 7. The Labute approximate surface area is 144 Å². The SMILES string of the molecule is CCc1cccc(CC)c1NC(=O)NCCOc1ccccc1C. The molecule has 0 spiro atoms. The Hall–Kier alpha value is -2.49. The Bertz CT molecular complexity index is 661. The zero-order valence-electron chi connectivity index (χ0n) is 14.7. The molecule has 0 bridgehead atoms. The largest absolute Gasteiger partial charge is 0.491 e. The topological polar surface area (TPSA) is 50.4 Å². The normalized spacial score (nSPS) is 10.3. The van der Waals surface area contributed by atoms with E-state index in [1.54, 1.807) is 0 Å². The molecule has 0 saturated carbocycles. The van der Waals surface area contributed by atoms with Crippen molar-refractivity contribution in [2.75, 3.05) is 18.5 Å². The number of hydrogen-bond acceptors (Lipinski definition) is 2. The van der Waals surface area contributed by atoms with Crippen LogP contribution in [0.2, 0.25) is 0 Å². The van der Waals surface area contributed by atoms with Crippen LogP contribution in [-0.4, -0.2) is 19.2 Å². The van der Waals surface area contributed by atoms with Crippen molar-refractivity contribution in [3.8, 4) is 5.75 Å². The minimum atomic E-state index is -0.195. The summed E-state index contributed by atoms with van der Waals surface area (Å²) < 4.78 is 5.68. The van der Waals surface area contributed by atoms with Crippen molar-refractivity contribution < 1.29 is 9.53 Å². The van der Waals surface area contributed by atoms with E-state index < -0.39 is 0 Å². The average molecular weight is 326 g/mol. The molecule has 0 atom stereocenters. The third-order valence-corrected chi connectivity index (χ3v) is 3.98. The highest BCUT2D eigenvalue weighted by atomic mass is 16.5. The third-order valence-electron chi connectivity index (χ3n) is 3.98. The summed E-state index contributed by atoms with van der Waals surface area (Å²) >= 11 is 0. The number of anilines is 1. The smallest absolute Gasteiger partial charge is 0.319 e. The van der Waals surface area contributed by atoms with Gasteiger partial charge in [0.25, 0.3) is 0 Å². The summed E-state index contributed by atoms with van der Waals surface area (Å²) in [6, 6.07) is 13.8. The van der Waals surface area contributed by atoms with E-state index in [0.29, 0.717) is 13.2 Å². The summed E-state index contributed by atoms with van der Waals surface area (Å²) in [6.07, 6.45) is 1.78. The van der Waals surface area contributed by atoms with E-state index in [2.05, 4.69) is 36.6 Å². The van der Waals surface area contributed by atoms with Gasteiger partial charge in [0.1, 0.15) is 12.4 Å². The number of hydrogen-bond donors (Lipinski definition) is 2. The van der Waals surface area contributed by atoms with Crippen LogP contribution in [0.15, 0.2) is 42.5 Å². The van der Waals surface area contributed by atoms with E-state index in [0.717, 1.165) is 41.0 Å². The molecule has 0 aliphatic rings. The van der Waals surface area contributed by atoms with Gasteiger partial charge in [0.15, 0.2) is 0 Å². The molecule has 0 radical (unpaired) electrons. The van der Waals surface area contributed by atoms with Gasteiger partial charge in [0.05, 0.1) is 6.54 Å². The zero-order chi connectivity index (χ0) is 17.4. The van der Waals surface area contributed by atoms with E-state index in [9.17, 15) is 4.79 Å². The van der Waals surface area contributed by atoms with Gasteiger partial charge in [-0.15, -0.1) is 0 Å². The van der Waals surface area contributed by atoms with Crippen LogP contribution < -0.4 is 15.4 Å². The molecule has 128 valence electrons. The fraction of sp³-hybridized carbons (Fsp3) is 0.350. The second-order valence-electron chi connectivity index (χ2n) is 5.65. The van der Waals surface area contributed by atoms with Crippen LogP contribution >= 0.6 is 0 Å². The van der Waals surface area contributed by atoms with Crippen LogP contribution in [0.25, 0.3) is 0 Å². The number of nitrogens with one attached hydrogen (secondary N) is 2. The monoisotopic (exact) mass is 326 g/mol. The van der Waals surface area contributed by atoms with Gasteiger partial charge in [-0.05, 0) is 42.5 Å². The first kappa shape index (κ1) is 17.9. The van der Waals surface area contributed by atoms with Crippen LogP contribution in [0.5, 0.6) is 5.75 Å². The summed E-state index contributed by atoms with van der Waals surface area (Å²) in [7, 11) is 0. The summed E-state index contributed by atoms with van der Waals surface area (Å²) in [6.45, 7) is 7.08. The predicted octanol–water partition coefficient (Wildman–Crippen LogP) is 4.32.